The fourth-order valence-corrected chi connectivity index (χ4v) is 4.63. The second kappa shape index (κ2) is 7.68. The monoisotopic (exact) mass is 393 g/mol. The van der Waals surface area contributed by atoms with Crippen LogP contribution < -0.4 is 9.47 Å². The smallest absolute Gasteiger partial charge is 0.254 e. The lowest BCUT2D eigenvalue weighted by Crippen LogP contribution is -2.40. The van der Waals surface area contributed by atoms with E-state index in [0.29, 0.717) is 12.3 Å². The third-order valence-corrected chi connectivity index (χ3v) is 6.17. The summed E-state index contributed by atoms with van der Waals surface area (Å²) in [5.41, 5.74) is 4.17. The van der Waals surface area contributed by atoms with Crippen LogP contribution in [0, 0.1) is 6.92 Å². The number of amides is 1. The Kier molecular flexibility index (Phi) is 5.09. The Balaban J connectivity index is 1.81. The highest BCUT2D eigenvalue weighted by Gasteiger charge is 2.34. The molecule has 0 saturated carbocycles. The van der Waals surface area contributed by atoms with Crippen LogP contribution in [0.15, 0.2) is 53.9 Å². The van der Waals surface area contributed by atoms with Gasteiger partial charge in [0.25, 0.3) is 5.91 Å². The standard InChI is InChI=1S/C23H23NO3S/c1-15-6-8-16(9-7-15)23(25)24-11-10-17-13-19(26-2)20(27-3)14-18(17)22(24)21-5-4-12-28-21/h4-9,12-14,22H,10-11H2,1-3H3. The SMILES string of the molecule is COc1cc2c(cc1OC)C(c1cccs1)N(C(=O)c1ccc(C)cc1)CC2. The Morgan fingerprint density at radius 3 is 2.43 bits per heavy atom. The predicted octanol–water partition coefficient (Wildman–Crippen LogP) is 4.86. The lowest BCUT2D eigenvalue weighted by molar-refractivity contribution is 0.0697. The average molecular weight is 394 g/mol. The second-order valence-electron chi connectivity index (χ2n) is 6.94. The zero-order valence-electron chi connectivity index (χ0n) is 16.3. The van der Waals surface area contributed by atoms with Gasteiger partial charge in [0.2, 0.25) is 0 Å². The van der Waals surface area contributed by atoms with Crippen molar-refractivity contribution in [2.75, 3.05) is 20.8 Å². The number of fused-ring (bicyclic) bond motifs is 1. The minimum atomic E-state index is -0.127. The van der Waals surface area contributed by atoms with Gasteiger partial charge < -0.3 is 14.4 Å². The Bertz CT molecular complexity index is 980. The van der Waals surface area contributed by atoms with Crippen molar-refractivity contribution in [3.05, 3.63) is 81.0 Å². The zero-order chi connectivity index (χ0) is 19.7. The van der Waals surface area contributed by atoms with Crippen molar-refractivity contribution in [3.63, 3.8) is 0 Å². The van der Waals surface area contributed by atoms with Crippen LogP contribution in [0.5, 0.6) is 11.5 Å². The first kappa shape index (κ1) is 18.6. The first-order valence-corrected chi connectivity index (χ1v) is 10.2. The summed E-state index contributed by atoms with van der Waals surface area (Å²) in [6.07, 6.45) is 0.787. The molecule has 1 aromatic heterocycles. The van der Waals surface area contributed by atoms with E-state index in [4.69, 9.17) is 9.47 Å². The number of aryl methyl sites for hydroxylation is 1. The van der Waals surface area contributed by atoms with E-state index in [9.17, 15) is 4.79 Å². The minimum absolute atomic E-state index is 0.0545. The molecule has 2 aromatic carbocycles. The van der Waals surface area contributed by atoms with Gasteiger partial charge in [0.1, 0.15) is 0 Å². The Hall–Kier alpha value is -2.79. The van der Waals surface area contributed by atoms with Crippen molar-refractivity contribution in [3.8, 4) is 11.5 Å². The van der Waals surface area contributed by atoms with Crippen LogP contribution in [-0.2, 0) is 6.42 Å². The number of rotatable bonds is 4. The number of carbonyl (C=O) groups is 1. The van der Waals surface area contributed by atoms with Crippen molar-refractivity contribution < 1.29 is 14.3 Å². The fourth-order valence-electron chi connectivity index (χ4n) is 3.78. The van der Waals surface area contributed by atoms with Gasteiger partial charge in [-0.1, -0.05) is 23.8 Å². The highest BCUT2D eigenvalue weighted by Crippen LogP contribution is 2.42. The van der Waals surface area contributed by atoms with E-state index in [2.05, 4.69) is 11.4 Å². The van der Waals surface area contributed by atoms with Crippen LogP contribution in [0.25, 0.3) is 0 Å². The third-order valence-electron chi connectivity index (χ3n) is 5.25. The Labute approximate surface area is 169 Å². The molecule has 0 fully saturated rings. The highest BCUT2D eigenvalue weighted by molar-refractivity contribution is 7.10. The number of carbonyl (C=O) groups excluding carboxylic acids is 1. The lowest BCUT2D eigenvalue weighted by atomic mass is 9.90. The largest absolute Gasteiger partial charge is 0.493 e. The molecule has 5 heteroatoms. The molecule has 0 radical (unpaired) electrons. The molecule has 0 saturated heterocycles. The zero-order valence-corrected chi connectivity index (χ0v) is 17.1. The van der Waals surface area contributed by atoms with Gasteiger partial charge in [0.15, 0.2) is 11.5 Å². The molecule has 0 aliphatic carbocycles. The molecule has 1 aliphatic rings. The first-order chi connectivity index (χ1) is 13.6. The van der Waals surface area contributed by atoms with E-state index < -0.39 is 0 Å². The topological polar surface area (TPSA) is 38.8 Å². The fraction of sp³-hybridized carbons (Fsp3) is 0.261. The number of hydrogen-bond donors (Lipinski definition) is 0. The maximum absolute atomic E-state index is 13.4. The van der Waals surface area contributed by atoms with Crippen LogP contribution in [0.2, 0.25) is 0 Å². The molecule has 28 heavy (non-hydrogen) atoms. The van der Waals surface area contributed by atoms with Gasteiger partial charge in [-0.05, 0) is 60.2 Å². The van der Waals surface area contributed by atoms with Crippen LogP contribution >= 0.6 is 11.3 Å². The molecular weight excluding hydrogens is 370 g/mol. The molecule has 4 rings (SSSR count). The summed E-state index contributed by atoms with van der Waals surface area (Å²) >= 11 is 1.67. The van der Waals surface area contributed by atoms with Crippen molar-refractivity contribution in [1.29, 1.82) is 0 Å². The predicted molar refractivity (Wildman–Crippen MR) is 112 cm³/mol. The second-order valence-corrected chi connectivity index (χ2v) is 7.92. The van der Waals surface area contributed by atoms with Crippen LogP contribution in [0.3, 0.4) is 0 Å². The number of hydrogen-bond acceptors (Lipinski definition) is 4. The molecule has 0 N–H and O–H groups in total. The molecule has 0 spiro atoms. The van der Waals surface area contributed by atoms with Gasteiger partial charge in [-0.2, -0.15) is 0 Å². The molecule has 0 bridgehead atoms. The van der Waals surface area contributed by atoms with Gasteiger partial charge in [0.05, 0.1) is 20.3 Å². The molecule has 144 valence electrons. The van der Waals surface area contributed by atoms with Gasteiger partial charge in [-0.3, -0.25) is 4.79 Å². The highest BCUT2D eigenvalue weighted by atomic mass is 32.1. The normalized spacial score (nSPS) is 15.8. The summed E-state index contributed by atoms with van der Waals surface area (Å²) in [5.74, 6) is 1.47. The summed E-state index contributed by atoms with van der Waals surface area (Å²) in [6.45, 7) is 2.69. The molecule has 1 atom stereocenters. The number of nitrogens with zero attached hydrogens (tertiary/aromatic N) is 1. The van der Waals surface area contributed by atoms with Crippen molar-refractivity contribution in [1.82, 2.24) is 4.90 Å². The summed E-state index contributed by atoms with van der Waals surface area (Å²) in [6, 6.07) is 15.9. The number of methoxy groups -OCH3 is 2. The van der Waals surface area contributed by atoms with Gasteiger partial charge in [-0.15, -0.1) is 11.3 Å². The van der Waals surface area contributed by atoms with Crippen molar-refractivity contribution >= 4 is 17.2 Å². The number of benzene rings is 2. The van der Waals surface area contributed by atoms with E-state index in [1.54, 1.807) is 25.6 Å². The molecule has 1 unspecified atom stereocenters. The first-order valence-electron chi connectivity index (χ1n) is 9.28. The molecular formula is C23H23NO3S. The van der Waals surface area contributed by atoms with Crippen molar-refractivity contribution in [2.45, 2.75) is 19.4 Å². The van der Waals surface area contributed by atoms with Crippen LogP contribution in [0.4, 0.5) is 0 Å². The molecule has 1 amide bonds. The summed E-state index contributed by atoms with van der Waals surface area (Å²) in [7, 11) is 3.29. The maximum Gasteiger partial charge on any atom is 0.254 e. The minimum Gasteiger partial charge on any atom is -0.493 e. The van der Waals surface area contributed by atoms with E-state index in [-0.39, 0.29) is 11.9 Å². The van der Waals surface area contributed by atoms with Gasteiger partial charge in [0, 0.05) is 17.0 Å². The quantitative estimate of drug-likeness (QED) is 0.635. The Morgan fingerprint density at radius 2 is 1.79 bits per heavy atom. The lowest BCUT2D eigenvalue weighted by Gasteiger charge is -2.37. The van der Waals surface area contributed by atoms with Gasteiger partial charge in [-0.25, -0.2) is 0 Å². The molecule has 2 heterocycles. The molecule has 4 nitrogen and oxygen atoms in total. The average Bonchev–Trinajstić information content (AvgIpc) is 3.26. The van der Waals surface area contributed by atoms with E-state index in [1.807, 2.05) is 54.3 Å². The summed E-state index contributed by atoms with van der Waals surface area (Å²) < 4.78 is 11.0. The summed E-state index contributed by atoms with van der Waals surface area (Å²) in [5, 5.41) is 2.05. The number of ether oxygens (including phenoxy) is 2. The number of thiophene rings is 1. The van der Waals surface area contributed by atoms with E-state index >= 15 is 0 Å². The maximum atomic E-state index is 13.4. The molecule has 1 aliphatic heterocycles. The van der Waals surface area contributed by atoms with E-state index in [1.165, 1.54) is 5.56 Å². The Morgan fingerprint density at radius 1 is 1.07 bits per heavy atom. The van der Waals surface area contributed by atoms with Crippen molar-refractivity contribution in [2.24, 2.45) is 0 Å². The molecule has 3 aromatic rings. The third kappa shape index (κ3) is 3.27. The van der Waals surface area contributed by atoms with E-state index in [0.717, 1.165) is 33.7 Å². The van der Waals surface area contributed by atoms with Gasteiger partial charge >= 0.3 is 0 Å². The van der Waals surface area contributed by atoms with Crippen LogP contribution in [0.1, 0.15) is 38.0 Å². The summed E-state index contributed by atoms with van der Waals surface area (Å²) in [4.78, 5) is 16.5. The van der Waals surface area contributed by atoms with Crippen LogP contribution in [-0.4, -0.2) is 31.6 Å².